The molecule has 0 saturated heterocycles. The Labute approximate surface area is 93.9 Å². The van der Waals surface area contributed by atoms with Crippen LogP contribution in [-0.2, 0) is 4.79 Å². The summed E-state index contributed by atoms with van der Waals surface area (Å²) < 4.78 is 0. The molecule has 0 aliphatic carbocycles. The number of carbonyl (C=O) groups is 1. The van der Waals surface area contributed by atoms with Crippen molar-refractivity contribution in [1.29, 1.82) is 0 Å². The first-order valence-electron chi connectivity index (χ1n) is 4.83. The minimum absolute atomic E-state index is 0.0932. The zero-order valence-corrected chi connectivity index (χ0v) is 9.91. The number of rotatable bonds is 4. The Morgan fingerprint density at radius 2 is 2.13 bits per heavy atom. The number of hydrogen-bond donors (Lipinski definition) is 1. The van der Waals surface area contributed by atoms with E-state index in [1.807, 2.05) is 32.9 Å². The predicted molar refractivity (Wildman–Crippen MR) is 61.1 cm³/mol. The number of aryl methyl sites for hydroxylation is 1. The number of carboxylic acids is 1. The van der Waals surface area contributed by atoms with Gasteiger partial charge in [-0.15, -0.1) is 0 Å². The molecule has 0 amide bonds. The third-order valence-electron chi connectivity index (χ3n) is 1.98. The van der Waals surface area contributed by atoms with E-state index in [1.165, 1.54) is 11.8 Å². The molecule has 3 nitrogen and oxygen atoms in total. The zero-order valence-electron chi connectivity index (χ0n) is 9.10. The lowest BCUT2D eigenvalue weighted by molar-refractivity contribution is -0.137. The molecule has 0 saturated carbocycles. The second kappa shape index (κ2) is 5.16. The predicted octanol–water partition coefficient (Wildman–Crippen LogP) is 2.59. The van der Waals surface area contributed by atoms with Gasteiger partial charge >= 0.3 is 5.97 Å². The van der Waals surface area contributed by atoms with Crippen molar-refractivity contribution < 1.29 is 9.90 Å². The molecule has 1 rings (SSSR count). The van der Waals surface area contributed by atoms with Gasteiger partial charge in [-0.3, -0.25) is 4.79 Å². The Morgan fingerprint density at radius 3 is 2.53 bits per heavy atom. The maximum atomic E-state index is 11.0. The van der Waals surface area contributed by atoms with Crippen molar-refractivity contribution in [3.63, 3.8) is 0 Å². The molecule has 15 heavy (non-hydrogen) atoms. The van der Waals surface area contributed by atoms with Crippen molar-refractivity contribution in [3.05, 3.63) is 23.9 Å². The molecule has 4 heteroatoms. The van der Waals surface area contributed by atoms with Gasteiger partial charge in [0.15, 0.2) is 0 Å². The summed E-state index contributed by atoms with van der Waals surface area (Å²) in [5, 5.41) is 9.35. The number of carboxylic acid groups (broad SMARTS) is 1. The molecule has 0 fully saturated rings. The number of aromatic nitrogens is 1. The minimum Gasteiger partial charge on any atom is -0.480 e. The van der Waals surface area contributed by atoms with E-state index in [2.05, 4.69) is 4.98 Å². The third-order valence-corrected chi connectivity index (χ3v) is 3.46. The molecule has 1 aromatic rings. The summed E-state index contributed by atoms with van der Waals surface area (Å²) in [5.41, 5.74) is 1.08. The number of nitrogens with zero attached hydrogens (tertiary/aromatic N) is 1. The smallest absolute Gasteiger partial charge is 0.317 e. The van der Waals surface area contributed by atoms with Gasteiger partial charge in [0.1, 0.15) is 5.25 Å². The molecule has 1 unspecified atom stereocenters. The summed E-state index contributed by atoms with van der Waals surface area (Å²) in [7, 11) is 0. The van der Waals surface area contributed by atoms with Crippen molar-refractivity contribution in [2.45, 2.75) is 31.0 Å². The van der Waals surface area contributed by atoms with Crippen molar-refractivity contribution in [2.75, 3.05) is 0 Å². The van der Waals surface area contributed by atoms with Gasteiger partial charge in [-0.2, -0.15) is 0 Å². The lowest BCUT2D eigenvalue weighted by Gasteiger charge is -2.14. The highest BCUT2D eigenvalue weighted by molar-refractivity contribution is 8.00. The first kappa shape index (κ1) is 12.0. The molecule has 0 aliphatic rings. The largest absolute Gasteiger partial charge is 0.480 e. The summed E-state index contributed by atoms with van der Waals surface area (Å²) >= 11 is 1.30. The SMILES string of the molecule is Cc1ccc(SC(C(=O)O)C(C)C)nc1. The molecule has 0 spiro atoms. The van der Waals surface area contributed by atoms with Gasteiger partial charge in [-0.05, 0) is 24.5 Å². The van der Waals surface area contributed by atoms with E-state index in [-0.39, 0.29) is 5.92 Å². The second-order valence-corrected chi connectivity index (χ2v) is 4.96. The van der Waals surface area contributed by atoms with Crippen molar-refractivity contribution in [1.82, 2.24) is 4.98 Å². The van der Waals surface area contributed by atoms with Crippen LogP contribution in [-0.4, -0.2) is 21.3 Å². The van der Waals surface area contributed by atoms with Gasteiger partial charge in [-0.25, -0.2) is 4.98 Å². The third kappa shape index (κ3) is 3.55. The molecule has 1 atom stereocenters. The average Bonchev–Trinajstić information content (AvgIpc) is 2.15. The fourth-order valence-corrected chi connectivity index (χ4v) is 2.02. The van der Waals surface area contributed by atoms with Crippen LogP contribution in [0.1, 0.15) is 19.4 Å². The Kier molecular flexibility index (Phi) is 4.15. The van der Waals surface area contributed by atoms with Crippen LogP contribution in [0.5, 0.6) is 0 Å². The molecular formula is C11H15NO2S. The van der Waals surface area contributed by atoms with Crippen LogP contribution in [0, 0.1) is 12.8 Å². The molecule has 0 bridgehead atoms. The van der Waals surface area contributed by atoms with Gasteiger partial charge in [0, 0.05) is 6.20 Å². The van der Waals surface area contributed by atoms with E-state index in [0.29, 0.717) is 0 Å². The summed E-state index contributed by atoms with van der Waals surface area (Å²) in [4.78, 5) is 15.1. The van der Waals surface area contributed by atoms with Crippen LogP contribution < -0.4 is 0 Å². The van der Waals surface area contributed by atoms with Crippen molar-refractivity contribution in [3.8, 4) is 0 Å². The number of hydrogen-bond acceptors (Lipinski definition) is 3. The summed E-state index contributed by atoms with van der Waals surface area (Å²) in [6, 6.07) is 3.80. The maximum Gasteiger partial charge on any atom is 0.317 e. The lowest BCUT2D eigenvalue weighted by Crippen LogP contribution is -2.22. The van der Waals surface area contributed by atoms with Crippen LogP contribution in [0.2, 0.25) is 0 Å². The van der Waals surface area contributed by atoms with Crippen LogP contribution in [0.4, 0.5) is 0 Å². The number of thioether (sulfide) groups is 1. The highest BCUT2D eigenvalue weighted by Crippen LogP contribution is 2.26. The van der Waals surface area contributed by atoms with E-state index in [0.717, 1.165) is 10.6 Å². The number of pyridine rings is 1. The van der Waals surface area contributed by atoms with Crippen molar-refractivity contribution >= 4 is 17.7 Å². The topological polar surface area (TPSA) is 50.2 Å². The highest BCUT2D eigenvalue weighted by Gasteiger charge is 2.22. The first-order valence-corrected chi connectivity index (χ1v) is 5.71. The van der Waals surface area contributed by atoms with Gasteiger partial charge < -0.3 is 5.11 Å². The Balaban J connectivity index is 2.74. The van der Waals surface area contributed by atoms with Crippen LogP contribution >= 0.6 is 11.8 Å². The fourth-order valence-electron chi connectivity index (χ4n) is 1.13. The average molecular weight is 225 g/mol. The Hall–Kier alpha value is -1.03. The molecule has 1 heterocycles. The Morgan fingerprint density at radius 1 is 1.47 bits per heavy atom. The van der Waals surface area contributed by atoms with E-state index in [4.69, 9.17) is 5.11 Å². The molecule has 0 aromatic carbocycles. The molecule has 0 radical (unpaired) electrons. The van der Waals surface area contributed by atoms with Gasteiger partial charge in [0.05, 0.1) is 5.03 Å². The van der Waals surface area contributed by atoms with Gasteiger partial charge in [-0.1, -0.05) is 31.7 Å². The van der Waals surface area contributed by atoms with Gasteiger partial charge in [0.2, 0.25) is 0 Å². The quantitative estimate of drug-likeness (QED) is 0.800. The van der Waals surface area contributed by atoms with Crippen molar-refractivity contribution in [2.24, 2.45) is 5.92 Å². The van der Waals surface area contributed by atoms with Crippen LogP contribution in [0.25, 0.3) is 0 Å². The normalized spacial score (nSPS) is 12.8. The highest BCUT2D eigenvalue weighted by atomic mass is 32.2. The Bertz CT molecular complexity index is 335. The van der Waals surface area contributed by atoms with Gasteiger partial charge in [0.25, 0.3) is 0 Å². The molecule has 1 aromatic heterocycles. The maximum absolute atomic E-state index is 11.0. The standard InChI is InChI=1S/C11H15NO2S/c1-7(2)10(11(13)14)15-9-5-4-8(3)6-12-9/h4-7,10H,1-3H3,(H,13,14). The van der Waals surface area contributed by atoms with E-state index in [9.17, 15) is 4.79 Å². The summed E-state index contributed by atoms with van der Waals surface area (Å²) in [6.45, 7) is 5.76. The fraction of sp³-hybridized carbons (Fsp3) is 0.455. The van der Waals surface area contributed by atoms with E-state index < -0.39 is 11.2 Å². The van der Waals surface area contributed by atoms with Crippen LogP contribution in [0.15, 0.2) is 23.4 Å². The molecule has 82 valence electrons. The zero-order chi connectivity index (χ0) is 11.4. The number of aliphatic carboxylic acids is 1. The molecule has 1 N–H and O–H groups in total. The van der Waals surface area contributed by atoms with Crippen LogP contribution in [0.3, 0.4) is 0 Å². The monoisotopic (exact) mass is 225 g/mol. The summed E-state index contributed by atoms with van der Waals surface area (Å²) in [5.74, 6) is -0.687. The minimum atomic E-state index is -0.780. The lowest BCUT2D eigenvalue weighted by atomic mass is 10.1. The first-order chi connectivity index (χ1) is 7.00. The second-order valence-electron chi connectivity index (χ2n) is 3.79. The van der Waals surface area contributed by atoms with E-state index >= 15 is 0 Å². The van der Waals surface area contributed by atoms with E-state index in [1.54, 1.807) is 6.20 Å². The molecular weight excluding hydrogens is 210 g/mol. The summed E-state index contributed by atoms with van der Waals surface area (Å²) in [6.07, 6.45) is 1.75. The molecule has 0 aliphatic heterocycles.